The van der Waals surface area contributed by atoms with Crippen molar-refractivity contribution in [1.29, 1.82) is 0 Å². The second-order valence-electron chi connectivity index (χ2n) is 3.81. The van der Waals surface area contributed by atoms with Crippen LogP contribution in [0.1, 0.15) is 17.3 Å². The lowest BCUT2D eigenvalue weighted by Crippen LogP contribution is -2.38. The minimum absolute atomic E-state index is 0.149. The van der Waals surface area contributed by atoms with Crippen LogP contribution >= 0.6 is 11.6 Å². The van der Waals surface area contributed by atoms with Crippen molar-refractivity contribution in [2.45, 2.75) is 17.9 Å². The summed E-state index contributed by atoms with van der Waals surface area (Å²) in [5.74, 6) is -2.24. The molecule has 0 aliphatic rings. The molecule has 7 nitrogen and oxygen atoms in total. The van der Waals surface area contributed by atoms with E-state index in [-0.39, 0.29) is 10.6 Å². The highest BCUT2D eigenvalue weighted by atomic mass is 35.5. The lowest BCUT2D eigenvalue weighted by Gasteiger charge is -2.13. The predicted octanol–water partition coefficient (Wildman–Crippen LogP) is 0.878. The number of sulfonamides is 1. The van der Waals surface area contributed by atoms with Crippen LogP contribution in [0.2, 0.25) is 5.02 Å². The summed E-state index contributed by atoms with van der Waals surface area (Å²) in [6.07, 6.45) is 0. The number of carbonyl (C=O) groups is 2. The molecule has 1 unspecified atom stereocenters. The fourth-order valence-electron chi connectivity index (χ4n) is 1.35. The van der Waals surface area contributed by atoms with Crippen molar-refractivity contribution in [3.05, 3.63) is 28.8 Å². The molecule has 9 heteroatoms. The summed E-state index contributed by atoms with van der Waals surface area (Å²) in [6, 6.07) is 2.16. The number of aliphatic carboxylic acids is 1. The summed E-state index contributed by atoms with van der Waals surface area (Å²) >= 11 is 5.71. The molecule has 1 aromatic rings. The molecule has 1 rings (SSSR count). The Morgan fingerprint density at radius 1 is 1.40 bits per heavy atom. The Balaban J connectivity index is 3.31. The smallest absolute Gasteiger partial charge is 0.339 e. The molecule has 0 saturated carbocycles. The molecule has 0 bridgehead atoms. The average molecular weight is 322 g/mol. The van der Waals surface area contributed by atoms with Gasteiger partial charge in [-0.2, -0.15) is 4.72 Å². The van der Waals surface area contributed by atoms with E-state index in [1.165, 1.54) is 6.07 Å². The third-order valence-electron chi connectivity index (χ3n) is 2.34. The van der Waals surface area contributed by atoms with Gasteiger partial charge >= 0.3 is 11.9 Å². The molecule has 0 heterocycles. The first-order valence-corrected chi connectivity index (χ1v) is 7.18. The van der Waals surface area contributed by atoms with Crippen molar-refractivity contribution in [2.75, 3.05) is 7.11 Å². The molecule has 2 N–H and O–H groups in total. The van der Waals surface area contributed by atoms with E-state index in [2.05, 4.69) is 4.74 Å². The van der Waals surface area contributed by atoms with Crippen LogP contribution in [0.15, 0.2) is 23.1 Å². The van der Waals surface area contributed by atoms with Crippen LogP contribution < -0.4 is 4.72 Å². The van der Waals surface area contributed by atoms with Crippen molar-refractivity contribution in [3.8, 4) is 0 Å². The molecule has 0 spiro atoms. The fourth-order valence-corrected chi connectivity index (χ4v) is 2.90. The zero-order chi connectivity index (χ0) is 15.5. The summed E-state index contributed by atoms with van der Waals surface area (Å²) in [7, 11) is -3.11. The molecular weight excluding hydrogens is 310 g/mol. The number of ether oxygens (including phenoxy) is 1. The van der Waals surface area contributed by atoms with Gasteiger partial charge in [0.05, 0.1) is 17.6 Å². The minimum atomic E-state index is -4.20. The van der Waals surface area contributed by atoms with Crippen LogP contribution in [0.5, 0.6) is 0 Å². The van der Waals surface area contributed by atoms with Crippen LogP contribution in [0.4, 0.5) is 0 Å². The van der Waals surface area contributed by atoms with Crippen molar-refractivity contribution in [3.63, 3.8) is 0 Å². The number of methoxy groups -OCH3 is 1. The van der Waals surface area contributed by atoms with Gasteiger partial charge in [-0.15, -0.1) is 0 Å². The van der Waals surface area contributed by atoms with E-state index in [4.69, 9.17) is 16.7 Å². The van der Waals surface area contributed by atoms with E-state index in [0.717, 1.165) is 26.2 Å². The Morgan fingerprint density at radius 2 is 2.00 bits per heavy atom. The summed E-state index contributed by atoms with van der Waals surface area (Å²) < 4.78 is 30.6. The molecule has 1 atom stereocenters. The maximum atomic E-state index is 12.1. The van der Waals surface area contributed by atoms with Gasteiger partial charge in [0.2, 0.25) is 10.0 Å². The molecule has 0 saturated heterocycles. The highest BCUT2D eigenvalue weighted by Crippen LogP contribution is 2.21. The highest BCUT2D eigenvalue weighted by molar-refractivity contribution is 7.89. The first-order chi connectivity index (χ1) is 9.19. The summed E-state index contributed by atoms with van der Waals surface area (Å²) in [6.45, 7) is 1.16. The molecule has 20 heavy (non-hydrogen) atoms. The van der Waals surface area contributed by atoms with E-state index in [1.54, 1.807) is 0 Å². The van der Waals surface area contributed by atoms with Gasteiger partial charge in [0.15, 0.2) is 0 Å². The number of hydrogen-bond acceptors (Lipinski definition) is 5. The van der Waals surface area contributed by atoms with Gasteiger partial charge in [-0.05, 0) is 25.1 Å². The van der Waals surface area contributed by atoms with Crippen LogP contribution in [-0.4, -0.2) is 38.6 Å². The van der Waals surface area contributed by atoms with E-state index in [9.17, 15) is 18.0 Å². The zero-order valence-corrected chi connectivity index (χ0v) is 12.2. The maximum absolute atomic E-state index is 12.1. The quantitative estimate of drug-likeness (QED) is 0.779. The Labute approximate surface area is 120 Å². The first-order valence-electron chi connectivity index (χ1n) is 5.32. The average Bonchev–Trinajstić information content (AvgIpc) is 2.36. The third-order valence-corrected chi connectivity index (χ3v) is 4.17. The normalized spacial score (nSPS) is 12.8. The summed E-state index contributed by atoms with van der Waals surface area (Å²) in [5, 5.41) is 8.87. The molecule has 1 aromatic carbocycles. The van der Waals surface area contributed by atoms with Gasteiger partial charge in [0.1, 0.15) is 6.04 Å². The maximum Gasteiger partial charge on any atom is 0.339 e. The van der Waals surface area contributed by atoms with E-state index in [0.29, 0.717) is 0 Å². The summed E-state index contributed by atoms with van der Waals surface area (Å²) in [4.78, 5) is 21.9. The highest BCUT2D eigenvalue weighted by Gasteiger charge is 2.26. The van der Waals surface area contributed by atoms with Gasteiger partial charge in [-0.3, -0.25) is 4.79 Å². The molecule has 0 amide bonds. The predicted molar refractivity (Wildman–Crippen MR) is 70.2 cm³/mol. The molecule has 0 aliphatic carbocycles. The number of carboxylic acid groups (broad SMARTS) is 1. The fraction of sp³-hybridized carbons (Fsp3) is 0.273. The number of benzene rings is 1. The lowest BCUT2D eigenvalue weighted by molar-refractivity contribution is -0.138. The van der Waals surface area contributed by atoms with Crippen molar-refractivity contribution in [2.24, 2.45) is 0 Å². The van der Waals surface area contributed by atoms with Gasteiger partial charge in [0.25, 0.3) is 0 Å². The van der Waals surface area contributed by atoms with Crippen LogP contribution in [-0.2, 0) is 19.6 Å². The molecule has 0 fully saturated rings. The van der Waals surface area contributed by atoms with Crippen molar-refractivity contribution < 1.29 is 27.9 Å². The second kappa shape index (κ2) is 6.21. The van der Waals surface area contributed by atoms with Gasteiger partial charge in [0, 0.05) is 5.02 Å². The van der Waals surface area contributed by atoms with Crippen LogP contribution in [0.3, 0.4) is 0 Å². The van der Waals surface area contributed by atoms with Crippen LogP contribution in [0.25, 0.3) is 0 Å². The first kappa shape index (κ1) is 16.4. The van der Waals surface area contributed by atoms with E-state index < -0.39 is 32.9 Å². The molecular formula is C11H12ClNO6S. The number of halogens is 1. The van der Waals surface area contributed by atoms with Crippen molar-refractivity contribution in [1.82, 2.24) is 4.72 Å². The van der Waals surface area contributed by atoms with Crippen molar-refractivity contribution >= 4 is 33.6 Å². The van der Waals surface area contributed by atoms with Gasteiger partial charge in [-0.25, -0.2) is 13.2 Å². The Morgan fingerprint density at radius 3 is 2.50 bits per heavy atom. The Hall–Kier alpha value is -1.64. The number of rotatable bonds is 5. The molecule has 0 aromatic heterocycles. The standard InChI is InChI=1S/C11H12ClNO6S/c1-6(10(14)15)13-20(17,18)9-4-3-7(12)5-8(9)11(16)19-2/h3-6,13H,1-2H3,(H,14,15). The monoisotopic (exact) mass is 321 g/mol. The number of esters is 1. The van der Waals surface area contributed by atoms with Gasteiger partial charge < -0.3 is 9.84 Å². The molecule has 110 valence electrons. The second-order valence-corrected chi connectivity index (χ2v) is 5.93. The zero-order valence-electron chi connectivity index (χ0n) is 10.6. The number of carbonyl (C=O) groups excluding carboxylic acids is 1. The number of hydrogen-bond donors (Lipinski definition) is 2. The number of carboxylic acids is 1. The SMILES string of the molecule is COC(=O)c1cc(Cl)ccc1S(=O)(=O)NC(C)C(=O)O. The van der Waals surface area contributed by atoms with E-state index >= 15 is 0 Å². The Bertz CT molecular complexity index is 642. The third kappa shape index (κ3) is 3.69. The molecule has 0 aliphatic heterocycles. The summed E-state index contributed by atoms with van der Waals surface area (Å²) in [5.41, 5.74) is -0.273. The largest absolute Gasteiger partial charge is 0.480 e. The molecule has 0 radical (unpaired) electrons. The van der Waals surface area contributed by atoms with Gasteiger partial charge in [-0.1, -0.05) is 11.6 Å². The lowest BCUT2D eigenvalue weighted by atomic mass is 10.2. The minimum Gasteiger partial charge on any atom is -0.480 e. The Kier molecular flexibility index (Phi) is 5.09. The topological polar surface area (TPSA) is 110 Å². The van der Waals surface area contributed by atoms with Crippen LogP contribution in [0, 0.1) is 0 Å². The number of nitrogens with one attached hydrogen (secondary N) is 1. The van der Waals surface area contributed by atoms with E-state index in [1.807, 2.05) is 4.72 Å².